The first-order chi connectivity index (χ1) is 16.1. The summed E-state index contributed by atoms with van der Waals surface area (Å²) in [5, 5.41) is 4.64. The van der Waals surface area contributed by atoms with Crippen molar-refractivity contribution in [2.75, 3.05) is 19.7 Å². The molecule has 4 rings (SSSR count). The van der Waals surface area contributed by atoms with E-state index in [0.717, 1.165) is 23.3 Å². The van der Waals surface area contributed by atoms with Crippen molar-refractivity contribution < 1.29 is 14.3 Å². The van der Waals surface area contributed by atoms with Crippen molar-refractivity contribution in [3.05, 3.63) is 73.1 Å². The lowest BCUT2D eigenvalue weighted by atomic mass is 9.99. The molecule has 0 bridgehead atoms. The second kappa shape index (κ2) is 10.1. The van der Waals surface area contributed by atoms with Crippen LogP contribution in [0, 0.1) is 6.92 Å². The van der Waals surface area contributed by atoms with Gasteiger partial charge in [0.05, 0.1) is 10.9 Å². The average Bonchev–Trinajstić information content (AvgIpc) is 3.48. The van der Waals surface area contributed by atoms with E-state index in [4.69, 9.17) is 16.3 Å². The fraction of sp³-hybridized carbons (Fsp3) is 0.385. The highest BCUT2D eigenvalue weighted by Gasteiger charge is 2.36. The number of ether oxygens (including phenoxy) is 1. The molecule has 0 spiro atoms. The van der Waals surface area contributed by atoms with Crippen molar-refractivity contribution in [3.63, 3.8) is 0 Å². The molecule has 34 heavy (non-hydrogen) atoms. The SMILES string of the molecule is Cc1cc(OC[C@H]2c3ccsc3CCN2C(=O)CN(C(=O)c2cccs2)C(C)(C)C)ccc1Cl. The Kier molecular flexibility index (Phi) is 7.36. The molecule has 3 heterocycles. The number of carbonyl (C=O) groups is 2. The Hall–Kier alpha value is -2.35. The Morgan fingerprint density at radius 1 is 1.18 bits per heavy atom. The normalized spacial score (nSPS) is 15.7. The fourth-order valence-corrected chi connectivity index (χ4v) is 5.85. The van der Waals surface area contributed by atoms with Crippen LogP contribution >= 0.6 is 34.3 Å². The summed E-state index contributed by atoms with van der Waals surface area (Å²) in [5.41, 5.74) is 1.58. The molecule has 1 aromatic carbocycles. The summed E-state index contributed by atoms with van der Waals surface area (Å²) in [6.07, 6.45) is 0.809. The fourth-order valence-electron chi connectivity index (χ4n) is 4.13. The highest BCUT2D eigenvalue weighted by Crippen LogP contribution is 2.34. The Balaban J connectivity index is 1.55. The van der Waals surface area contributed by atoms with Gasteiger partial charge in [-0.2, -0.15) is 0 Å². The van der Waals surface area contributed by atoms with Gasteiger partial charge in [0.1, 0.15) is 18.9 Å². The summed E-state index contributed by atoms with van der Waals surface area (Å²) in [4.78, 5) is 32.3. The van der Waals surface area contributed by atoms with Gasteiger partial charge in [-0.05, 0) is 86.3 Å². The molecule has 2 aromatic heterocycles. The molecule has 1 atom stereocenters. The molecule has 8 heteroatoms. The Bertz CT molecular complexity index is 1170. The molecule has 0 unspecified atom stereocenters. The number of aryl methyl sites for hydroxylation is 1. The van der Waals surface area contributed by atoms with Crippen LogP contribution in [0.3, 0.4) is 0 Å². The van der Waals surface area contributed by atoms with Crippen LogP contribution < -0.4 is 4.74 Å². The van der Waals surface area contributed by atoms with E-state index < -0.39 is 5.54 Å². The minimum Gasteiger partial charge on any atom is -0.491 e. The highest BCUT2D eigenvalue weighted by atomic mass is 35.5. The van der Waals surface area contributed by atoms with Crippen LogP contribution in [0.2, 0.25) is 5.02 Å². The van der Waals surface area contributed by atoms with Crippen LogP contribution in [0.1, 0.15) is 52.5 Å². The summed E-state index contributed by atoms with van der Waals surface area (Å²) in [6, 6.07) is 11.1. The van der Waals surface area contributed by atoms with Crippen molar-refractivity contribution in [2.24, 2.45) is 0 Å². The van der Waals surface area contributed by atoms with Gasteiger partial charge in [0.25, 0.3) is 5.91 Å². The topological polar surface area (TPSA) is 49.9 Å². The van der Waals surface area contributed by atoms with Gasteiger partial charge in [0.15, 0.2) is 0 Å². The van der Waals surface area contributed by atoms with Gasteiger partial charge in [-0.25, -0.2) is 0 Å². The minimum absolute atomic E-state index is 0.0241. The van der Waals surface area contributed by atoms with Crippen LogP contribution in [0.25, 0.3) is 0 Å². The highest BCUT2D eigenvalue weighted by molar-refractivity contribution is 7.12. The van der Waals surface area contributed by atoms with Gasteiger partial charge in [-0.3, -0.25) is 9.59 Å². The van der Waals surface area contributed by atoms with E-state index in [1.807, 2.05) is 62.2 Å². The number of benzene rings is 1. The largest absolute Gasteiger partial charge is 0.491 e. The molecule has 2 amide bonds. The third-order valence-corrected chi connectivity index (χ3v) is 8.31. The lowest BCUT2D eigenvalue weighted by molar-refractivity contribution is -0.136. The first-order valence-corrected chi connectivity index (χ1v) is 13.4. The number of halogens is 1. The van der Waals surface area contributed by atoms with Crippen molar-refractivity contribution in [1.29, 1.82) is 0 Å². The molecule has 0 radical (unpaired) electrons. The third-order valence-electron chi connectivity index (χ3n) is 6.03. The first-order valence-electron chi connectivity index (χ1n) is 11.3. The van der Waals surface area contributed by atoms with Crippen LogP contribution in [0.15, 0.2) is 47.2 Å². The molecule has 3 aromatic rings. The lowest BCUT2D eigenvalue weighted by Crippen LogP contribution is -2.53. The summed E-state index contributed by atoms with van der Waals surface area (Å²) >= 11 is 9.27. The molecule has 1 aliphatic heterocycles. The third kappa shape index (κ3) is 5.32. The molecular formula is C26H29ClN2O3S2. The van der Waals surface area contributed by atoms with E-state index in [-0.39, 0.29) is 24.4 Å². The minimum atomic E-state index is -0.493. The van der Waals surface area contributed by atoms with E-state index in [2.05, 4.69) is 11.4 Å². The zero-order valence-corrected chi connectivity index (χ0v) is 22.2. The van der Waals surface area contributed by atoms with Gasteiger partial charge >= 0.3 is 0 Å². The molecule has 0 aliphatic carbocycles. The van der Waals surface area contributed by atoms with E-state index in [1.165, 1.54) is 16.2 Å². The van der Waals surface area contributed by atoms with Gasteiger partial charge in [-0.15, -0.1) is 22.7 Å². The van der Waals surface area contributed by atoms with Crippen molar-refractivity contribution >= 4 is 46.1 Å². The van der Waals surface area contributed by atoms with E-state index in [9.17, 15) is 9.59 Å². The van der Waals surface area contributed by atoms with Crippen molar-refractivity contribution in [3.8, 4) is 5.75 Å². The number of amides is 2. The monoisotopic (exact) mass is 516 g/mol. The van der Waals surface area contributed by atoms with E-state index in [0.29, 0.717) is 23.1 Å². The van der Waals surface area contributed by atoms with Gasteiger partial charge in [0, 0.05) is 22.0 Å². The Labute approximate surface area is 213 Å². The zero-order chi connectivity index (χ0) is 24.5. The van der Waals surface area contributed by atoms with Crippen LogP contribution in [-0.4, -0.2) is 46.8 Å². The smallest absolute Gasteiger partial charge is 0.264 e. The number of hydrogen-bond donors (Lipinski definition) is 0. The molecule has 0 fully saturated rings. The summed E-state index contributed by atoms with van der Waals surface area (Å²) in [6.45, 7) is 8.79. The van der Waals surface area contributed by atoms with Crippen LogP contribution in [-0.2, 0) is 11.2 Å². The molecule has 1 aliphatic rings. The molecular weight excluding hydrogens is 488 g/mol. The maximum atomic E-state index is 13.6. The number of rotatable bonds is 6. The van der Waals surface area contributed by atoms with Crippen LogP contribution in [0.4, 0.5) is 0 Å². The second-order valence-corrected chi connectivity index (χ2v) is 11.8. The van der Waals surface area contributed by atoms with Gasteiger partial charge in [0.2, 0.25) is 5.91 Å². The predicted molar refractivity (Wildman–Crippen MR) is 139 cm³/mol. The van der Waals surface area contributed by atoms with Gasteiger partial charge in [-0.1, -0.05) is 17.7 Å². The number of nitrogens with zero attached hydrogens (tertiary/aromatic N) is 2. The molecule has 0 saturated heterocycles. The average molecular weight is 517 g/mol. The number of carbonyl (C=O) groups excluding carboxylic acids is 2. The molecule has 0 saturated carbocycles. The quantitative estimate of drug-likeness (QED) is 0.391. The van der Waals surface area contributed by atoms with E-state index in [1.54, 1.807) is 22.3 Å². The summed E-state index contributed by atoms with van der Waals surface area (Å²) < 4.78 is 6.14. The van der Waals surface area contributed by atoms with Crippen molar-refractivity contribution in [1.82, 2.24) is 9.80 Å². The summed E-state index contributed by atoms with van der Waals surface area (Å²) in [7, 11) is 0. The lowest BCUT2D eigenvalue weighted by Gasteiger charge is -2.40. The molecule has 5 nitrogen and oxygen atoms in total. The first kappa shape index (κ1) is 24.8. The maximum absolute atomic E-state index is 13.6. The standard InChI is InChI=1S/C26H29ClN2O3S2/c1-17-14-18(7-8-20(17)27)32-16-21-19-10-13-34-22(19)9-11-28(21)24(30)15-29(26(2,3)4)25(31)23-6-5-12-33-23/h5-8,10,12-14,21H,9,11,15-16H2,1-4H3/t21-/m0/s1. The van der Waals surface area contributed by atoms with Crippen molar-refractivity contribution in [2.45, 2.75) is 45.7 Å². The van der Waals surface area contributed by atoms with E-state index >= 15 is 0 Å². The summed E-state index contributed by atoms with van der Waals surface area (Å²) in [5.74, 6) is 0.534. The van der Waals surface area contributed by atoms with Gasteiger partial charge < -0.3 is 14.5 Å². The predicted octanol–water partition coefficient (Wildman–Crippen LogP) is 6.22. The maximum Gasteiger partial charge on any atom is 0.264 e. The number of fused-ring (bicyclic) bond motifs is 1. The molecule has 180 valence electrons. The molecule has 0 N–H and O–H groups in total. The Morgan fingerprint density at radius 2 is 1.97 bits per heavy atom. The Morgan fingerprint density at radius 3 is 2.65 bits per heavy atom. The second-order valence-electron chi connectivity index (χ2n) is 9.41. The number of thiophene rings is 2. The zero-order valence-electron chi connectivity index (χ0n) is 19.8. The number of hydrogen-bond acceptors (Lipinski definition) is 5. The van der Waals surface area contributed by atoms with Crippen LogP contribution in [0.5, 0.6) is 5.75 Å².